The van der Waals surface area contributed by atoms with Crippen LogP contribution in [0, 0.1) is 11.3 Å². The molecule has 0 saturated heterocycles. The molecule has 12 heavy (non-hydrogen) atoms. The van der Waals surface area contributed by atoms with Gasteiger partial charge in [0.1, 0.15) is 0 Å². The van der Waals surface area contributed by atoms with Crippen molar-refractivity contribution < 1.29 is 0 Å². The smallest absolute Gasteiger partial charge is 0.0943 e. The highest BCUT2D eigenvalue weighted by Crippen LogP contribution is 2.15. The Bertz CT molecular complexity index is 186. The second kappa shape index (κ2) is 5.83. The highest BCUT2D eigenvalue weighted by Gasteiger charge is 1.98. The van der Waals surface area contributed by atoms with Gasteiger partial charge in [-0.15, -0.1) is 0 Å². The molecule has 1 aliphatic rings. The molecule has 1 heteroatoms. The maximum absolute atomic E-state index is 8.75. The van der Waals surface area contributed by atoms with Crippen molar-refractivity contribution in [2.75, 3.05) is 0 Å². The van der Waals surface area contributed by atoms with E-state index in [1.165, 1.54) is 38.5 Å². The zero-order chi connectivity index (χ0) is 8.65. The molecule has 0 N–H and O–H groups in total. The van der Waals surface area contributed by atoms with Gasteiger partial charge in [-0.2, -0.15) is 5.26 Å². The molecule has 0 aliphatic heterocycles. The lowest BCUT2D eigenvalue weighted by Crippen LogP contribution is -1.86. The van der Waals surface area contributed by atoms with Crippen LogP contribution in [0.15, 0.2) is 11.6 Å². The Kier molecular flexibility index (Phi) is 4.52. The Morgan fingerprint density at radius 3 is 2.42 bits per heavy atom. The van der Waals surface area contributed by atoms with Gasteiger partial charge in [0.05, 0.1) is 6.07 Å². The lowest BCUT2D eigenvalue weighted by molar-refractivity contribution is 0.588. The second-order valence-corrected chi connectivity index (χ2v) is 3.50. The van der Waals surface area contributed by atoms with Gasteiger partial charge in [-0.05, 0) is 25.7 Å². The molecule has 0 spiro atoms. The Hall–Kier alpha value is -0.770. The van der Waals surface area contributed by atoms with E-state index in [-0.39, 0.29) is 0 Å². The fraction of sp³-hybridized carbons (Fsp3) is 0.727. The van der Waals surface area contributed by atoms with E-state index >= 15 is 0 Å². The summed E-state index contributed by atoms with van der Waals surface area (Å²) in [5.74, 6) is 0. The van der Waals surface area contributed by atoms with Crippen LogP contribution in [0.5, 0.6) is 0 Å². The standard InChI is InChI=1S/C11H17N/c12-10-11-8-6-4-2-1-3-5-7-9-11/h8H,1-7,9H2/b11-8+. The highest BCUT2D eigenvalue weighted by atomic mass is 14.2. The number of allylic oxidation sites excluding steroid dienone is 2. The van der Waals surface area contributed by atoms with E-state index in [2.05, 4.69) is 12.1 Å². The van der Waals surface area contributed by atoms with Crippen molar-refractivity contribution in [3.8, 4) is 6.07 Å². The van der Waals surface area contributed by atoms with E-state index in [4.69, 9.17) is 5.26 Å². The lowest BCUT2D eigenvalue weighted by Gasteiger charge is -2.04. The molecule has 1 aliphatic carbocycles. The first-order valence-corrected chi connectivity index (χ1v) is 5.02. The monoisotopic (exact) mass is 163 g/mol. The predicted molar refractivity (Wildman–Crippen MR) is 50.6 cm³/mol. The summed E-state index contributed by atoms with van der Waals surface area (Å²) in [5.41, 5.74) is 1.01. The zero-order valence-electron chi connectivity index (χ0n) is 7.68. The van der Waals surface area contributed by atoms with Gasteiger partial charge in [-0.3, -0.25) is 0 Å². The zero-order valence-corrected chi connectivity index (χ0v) is 7.68. The minimum atomic E-state index is 1.01. The molecule has 0 saturated carbocycles. The molecular formula is C11H17N. The van der Waals surface area contributed by atoms with Crippen LogP contribution in [0.4, 0.5) is 0 Å². The average Bonchev–Trinajstić information content (AvgIpc) is 2.14. The van der Waals surface area contributed by atoms with Crippen LogP contribution in [0.3, 0.4) is 0 Å². The molecular weight excluding hydrogens is 146 g/mol. The van der Waals surface area contributed by atoms with E-state index < -0.39 is 0 Å². The number of nitrogens with zero attached hydrogens (tertiary/aromatic N) is 1. The van der Waals surface area contributed by atoms with Gasteiger partial charge in [-0.25, -0.2) is 0 Å². The van der Waals surface area contributed by atoms with E-state index in [0.29, 0.717) is 0 Å². The Morgan fingerprint density at radius 1 is 1.00 bits per heavy atom. The van der Waals surface area contributed by atoms with Gasteiger partial charge in [0.15, 0.2) is 0 Å². The van der Waals surface area contributed by atoms with E-state index in [1.807, 2.05) is 0 Å². The van der Waals surface area contributed by atoms with Crippen molar-refractivity contribution in [1.29, 1.82) is 5.26 Å². The van der Waals surface area contributed by atoms with Crippen molar-refractivity contribution in [3.63, 3.8) is 0 Å². The summed E-state index contributed by atoms with van der Waals surface area (Å²) in [5, 5.41) is 8.75. The molecule has 0 aromatic rings. The van der Waals surface area contributed by atoms with Gasteiger partial charge in [0, 0.05) is 5.57 Å². The SMILES string of the molecule is N#C/C1=C/CCCCCCCC1. The Labute approximate surface area is 75.1 Å². The summed E-state index contributed by atoms with van der Waals surface area (Å²) in [4.78, 5) is 0. The van der Waals surface area contributed by atoms with Crippen LogP contribution in [-0.4, -0.2) is 0 Å². The molecule has 0 fully saturated rings. The summed E-state index contributed by atoms with van der Waals surface area (Å²) in [6.07, 6.45) is 12.1. The third-order valence-electron chi connectivity index (χ3n) is 2.43. The van der Waals surface area contributed by atoms with Crippen LogP contribution in [0.2, 0.25) is 0 Å². The first-order valence-electron chi connectivity index (χ1n) is 5.02. The molecule has 0 aromatic heterocycles. The molecule has 0 atom stereocenters. The van der Waals surface area contributed by atoms with Gasteiger partial charge in [0.2, 0.25) is 0 Å². The number of hydrogen-bond donors (Lipinski definition) is 0. The lowest BCUT2D eigenvalue weighted by atomic mass is 10.0. The quantitative estimate of drug-likeness (QED) is 0.535. The molecule has 66 valence electrons. The van der Waals surface area contributed by atoms with Gasteiger partial charge in [0.25, 0.3) is 0 Å². The minimum Gasteiger partial charge on any atom is -0.193 e. The summed E-state index contributed by atoms with van der Waals surface area (Å²) in [6, 6.07) is 2.28. The Balaban J connectivity index is 2.39. The van der Waals surface area contributed by atoms with Gasteiger partial charge in [-0.1, -0.05) is 31.8 Å². The van der Waals surface area contributed by atoms with E-state index in [0.717, 1.165) is 18.4 Å². The molecule has 0 radical (unpaired) electrons. The molecule has 0 heterocycles. The van der Waals surface area contributed by atoms with E-state index in [9.17, 15) is 0 Å². The maximum atomic E-state index is 8.75. The second-order valence-electron chi connectivity index (χ2n) is 3.50. The third-order valence-corrected chi connectivity index (χ3v) is 2.43. The largest absolute Gasteiger partial charge is 0.193 e. The van der Waals surface area contributed by atoms with Crippen LogP contribution in [0.1, 0.15) is 51.4 Å². The first-order chi connectivity index (χ1) is 5.93. The highest BCUT2D eigenvalue weighted by molar-refractivity contribution is 5.20. The van der Waals surface area contributed by atoms with Crippen molar-refractivity contribution >= 4 is 0 Å². The number of nitriles is 1. The third kappa shape index (κ3) is 3.57. The normalized spacial score (nSPS) is 25.1. The minimum absolute atomic E-state index is 1.01. The summed E-state index contributed by atoms with van der Waals surface area (Å²) < 4.78 is 0. The van der Waals surface area contributed by atoms with E-state index in [1.54, 1.807) is 0 Å². The van der Waals surface area contributed by atoms with Crippen molar-refractivity contribution in [1.82, 2.24) is 0 Å². The fourth-order valence-electron chi connectivity index (χ4n) is 1.65. The molecule has 1 nitrogen and oxygen atoms in total. The van der Waals surface area contributed by atoms with Crippen molar-refractivity contribution in [2.24, 2.45) is 0 Å². The van der Waals surface area contributed by atoms with Crippen LogP contribution in [0.25, 0.3) is 0 Å². The van der Waals surface area contributed by atoms with Crippen molar-refractivity contribution in [3.05, 3.63) is 11.6 Å². The van der Waals surface area contributed by atoms with Crippen LogP contribution >= 0.6 is 0 Å². The van der Waals surface area contributed by atoms with Crippen LogP contribution < -0.4 is 0 Å². The first kappa shape index (κ1) is 9.32. The molecule has 0 amide bonds. The fourth-order valence-corrected chi connectivity index (χ4v) is 1.65. The number of hydrogen-bond acceptors (Lipinski definition) is 1. The maximum Gasteiger partial charge on any atom is 0.0943 e. The number of rotatable bonds is 0. The summed E-state index contributed by atoms with van der Waals surface area (Å²) in [6.45, 7) is 0. The molecule has 0 bridgehead atoms. The summed E-state index contributed by atoms with van der Waals surface area (Å²) >= 11 is 0. The van der Waals surface area contributed by atoms with Crippen LogP contribution in [-0.2, 0) is 0 Å². The molecule has 1 rings (SSSR count). The van der Waals surface area contributed by atoms with Crippen molar-refractivity contribution in [2.45, 2.75) is 51.4 Å². The molecule has 0 aromatic carbocycles. The molecule has 0 unspecified atom stereocenters. The Morgan fingerprint density at radius 2 is 1.67 bits per heavy atom. The topological polar surface area (TPSA) is 23.8 Å². The van der Waals surface area contributed by atoms with Gasteiger partial charge < -0.3 is 0 Å². The van der Waals surface area contributed by atoms with Gasteiger partial charge >= 0.3 is 0 Å². The average molecular weight is 163 g/mol. The predicted octanol–water partition coefficient (Wildman–Crippen LogP) is 3.57. The summed E-state index contributed by atoms with van der Waals surface area (Å²) in [7, 11) is 0.